The van der Waals surface area contributed by atoms with E-state index >= 15 is 0 Å². The topological polar surface area (TPSA) is 424 Å². The number of hydrogen-bond acceptors (Lipinski definition) is 13. The first-order valence-corrected chi connectivity index (χ1v) is 26.3. The minimum atomic E-state index is -1.75. The van der Waals surface area contributed by atoms with Gasteiger partial charge in [0.05, 0.1) is 19.4 Å². The molecule has 428 valence electrons. The lowest BCUT2D eigenvalue weighted by atomic mass is 10.0. The maximum absolute atomic E-state index is 14.5. The molecule has 25 nitrogen and oxygen atoms in total. The maximum atomic E-state index is 14.5. The van der Waals surface area contributed by atoms with Crippen molar-refractivity contribution in [2.75, 3.05) is 26.2 Å². The van der Waals surface area contributed by atoms with Gasteiger partial charge >= 0.3 is 0 Å². The molecule has 0 aliphatic carbocycles. The summed E-state index contributed by atoms with van der Waals surface area (Å²) < 4.78 is 5.57. The van der Waals surface area contributed by atoms with Crippen LogP contribution in [0.2, 0.25) is 0 Å². The highest BCUT2D eigenvalue weighted by Crippen LogP contribution is 2.21. The summed E-state index contributed by atoms with van der Waals surface area (Å²) >= 11 is 0. The number of benzene rings is 3. The second kappa shape index (κ2) is 32.9. The average molecular weight is 1100 g/mol. The lowest BCUT2D eigenvalue weighted by Crippen LogP contribution is -2.60. The third-order valence-corrected chi connectivity index (χ3v) is 12.8. The number of guanidine groups is 1. The van der Waals surface area contributed by atoms with Gasteiger partial charge in [0, 0.05) is 32.4 Å². The molecule has 3 aromatic rings. The Morgan fingerprint density at radius 3 is 1.72 bits per heavy atom. The van der Waals surface area contributed by atoms with Crippen molar-refractivity contribution in [1.82, 2.24) is 36.8 Å². The standard InChI is InChI=1S/C54H76N14O11/c1-2-79-36-22-20-35(21-23-36)30-40(62-46(71)31-34-15-7-4-8-16-34)49(74)66-41(29-33-13-5-3-6-14-33)50(75)64-38(24-25-44(56)69)48(73)67-42(32-45(57)70)51(76)65-39(17-9-10-26-55)53(78)68-28-12-19-43(68)52(77)63-37(47(58)72)18-11-27-61-54(59)60/h3-8,13-16,20-23,37-43H,2,9-12,17-19,24-32,55H2,1H3,(H2,56,69)(H2,57,70)(H2,58,72)(H,62,71)(H,63,77)(H,64,75)(H,65,76)(H,66,74)(H,67,73)(H4,59,60,61). The first kappa shape index (κ1) is 62.9. The van der Waals surface area contributed by atoms with Crippen LogP contribution >= 0.6 is 0 Å². The number of nitrogens with two attached hydrogens (primary N) is 6. The highest BCUT2D eigenvalue weighted by Gasteiger charge is 2.40. The number of hydrogen-bond donors (Lipinski definition) is 12. The fourth-order valence-electron chi connectivity index (χ4n) is 8.78. The van der Waals surface area contributed by atoms with Gasteiger partial charge in [-0.1, -0.05) is 72.8 Å². The minimum absolute atomic E-state index is 0.000150. The van der Waals surface area contributed by atoms with Gasteiger partial charge in [0.1, 0.15) is 48.0 Å². The van der Waals surface area contributed by atoms with Gasteiger partial charge < -0.3 is 75.9 Å². The molecule has 1 saturated heterocycles. The molecule has 79 heavy (non-hydrogen) atoms. The smallest absolute Gasteiger partial charge is 0.245 e. The highest BCUT2D eigenvalue weighted by atomic mass is 16.5. The van der Waals surface area contributed by atoms with E-state index in [-0.39, 0.29) is 64.1 Å². The Labute approximate surface area is 458 Å². The molecule has 1 aliphatic rings. The van der Waals surface area contributed by atoms with E-state index in [9.17, 15) is 47.9 Å². The van der Waals surface area contributed by atoms with Gasteiger partial charge in [-0.25, -0.2) is 0 Å². The third-order valence-electron chi connectivity index (χ3n) is 12.8. The molecule has 0 spiro atoms. The molecule has 18 N–H and O–H groups in total. The number of unbranched alkanes of at least 4 members (excludes halogenated alkanes) is 1. The summed E-state index contributed by atoms with van der Waals surface area (Å²) in [7, 11) is 0. The Morgan fingerprint density at radius 1 is 0.595 bits per heavy atom. The van der Waals surface area contributed by atoms with Crippen molar-refractivity contribution in [2.45, 2.75) is 133 Å². The summed E-state index contributed by atoms with van der Waals surface area (Å²) in [6.07, 6.45) is -0.0317. The zero-order chi connectivity index (χ0) is 57.9. The Hall–Kier alpha value is -8.61. The van der Waals surface area contributed by atoms with Gasteiger partial charge in [-0.2, -0.15) is 0 Å². The van der Waals surface area contributed by atoms with Gasteiger partial charge in [-0.15, -0.1) is 0 Å². The van der Waals surface area contributed by atoms with Crippen LogP contribution in [0, 0.1) is 0 Å². The fraction of sp³-hybridized carbons (Fsp3) is 0.463. The second-order valence-corrected chi connectivity index (χ2v) is 19.1. The molecule has 0 bridgehead atoms. The van der Waals surface area contributed by atoms with E-state index in [1.165, 1.54) is 4.90 Å². The van der Waals surface area contributed by atoms with Crippen LogP contribution in [0.5, 0.6) is 5.75 Å². The number of primary amides is 3. The monoisotopic (exact) mass is 1100 g/mol. The molecule has 0 radical (unpaired) electrons. The van der Waals surface area contributed by atoms with E-state index in [0.717, 1.165) is 0 Å². The number of likely N-dealkylation sites (tertiary alicyclic amines) is 1. The summed E-state index contributed by atoms with van der Waals surface area (Å²) in [4.78, 5) is 141. The molecule has 3 aromatic carbocycles. The van der Waals surface area contributed by atoms with Crippen LogP contribution in [0.3, 0.4) is 0 Å². The fourth-order valence-corrected chi connectivity index (χ4v) is 8.78. The summed E-state index contributed by atoms with van der Waals surface area (Å²) in [5.74, 6) is -7.82. The molecule has 0 saturated carbocycles. The summed E-state index contributed by atoms with van der Waals surface area (Å²) in [5, 5.41) is 15.8. The summed E-state index contributed by atoms with van der Waals surface area (Å²) in [5.41, 5.74) is 35.1. The Kier molecular flexibility index (Phi) is 26.2. The van der Waals surface area contributed by atoms with Crippen molar-refractivity contribution < 1.29 is 52.7 Å². The van der Waals surface area contributed by atoms with E-state index < -0.39 is 121 Å². The minimum Gasteiger partial charge on any atom is -0.494 e. The van der Waals surface area contributed by atoms with Crippen LogP contribution in [-0.4, -0.2) is 138 Å². The molecule has 4 rings (SSSR count). The van der Waals surface area contributed by atoms with Crippen molar-refractivity contribution >= 4 is 65.0 Å². The Morgan fingerprint density at radius 2 is 1.14 bits per heavy atom. The van der Waals surface area contributed by atoms with Crippen LogP contribution in [0.15, 0.2) is 89.9 Å². The predicted octanol–water partition coefficient (Wildman–Crippen LogP) is -2.18. The highest BCUT2D eigenvalue weighted by molar-refractivity contribution is 5.99. The molecular weight excluding hydrogens is 1020 g/mol. The second-order valence-electron chi connectivity index (χ2n) is 19.1. The molecule has 10 amide bonds. The normalized spacial score (nSPS) is 15.1. The van der Waals surface area contributed by atoms with Crippen LogP contribution in [-0.2, 0) is 67.2 Å². The SMILES string of the molecule is CCOc1ccc(CC(NC(=O)Cc2ccccc2)C(=O)NC(Cc2ccccc2)C(=O)NC(CCC(N)=O)C(=O)NC(CC(N)=O)C(=O)NC(CCCCN)C(=O)N2CCCC2C(=O)NC(CCCN=C(N)N)C(N)=O)cc1. The number of amides is 10. The Balaban J connectivity index is 1.58. The van der Waals surface area contributed by atoms with E-state index in [4.69, 9.17) is 39.1 Å². The van der Waals surface area contributed by atoms with Gasteiger partial charge in [0.15, 0.2) is 5.96 Å². The Bertz CT molecular complexity index is 2570. The van der Waals surface area contributed by atoms with Gasteiger partial charge in [-0.05, 0) is 93.7 Å². The predicted molar refractivity (Wildman–Crippen MR) is 292 cm³/mol. The quantitative estimate of drug-likeness (QED) is 0.0172. The molecule has 7 atom stereocenters. The lowest BCUT2D eigenvalue weighted by Gasteiger charge is -2.31. The molecule has 7 unspecified atom stereocenters. The van der Waals surface area contributed by atoms with Crippen molar-refractivity contribution in [2.24, 2.45) is 39.4 Å². The first-order chi connectivity index (χ1) is 37.8. The zero-order valence-corrected chi connectivity index (χ0v) is 44.5. The molecule has 1 fully saturated rings. The van der Waals surface area contributed by atoms with Gasteiger partial charge in [-0.3, -0.25) is 52.9 Å². The lowest BCUT2D eigenvalue weighted by molar-refractivity contribution is -0.142. The van der Waals surface area contributed by atoms with Gasteiger partial charge in [0.2, 0.25) is 59.1 Å². The number of aliphatic imine (C=N–C) groups is 1. The van der Waals surface area contributed by atoms with Crippen molar-refractivity contribution in [3.8, 4) is 5.75 Å². The van der Waals surface area contributed by atoms with Crippen molar-refractivity contribution in [1.29, 1.82) is 0 Å². The van der Waals surface area contributed by atoms with Crippen LogP contribution < -0.4 is 71.0 Å². The van der Waals surface area contributed by atoms with Crippen LogP contribution in [0.4, 0.5) is 0 Å². The molecular formula is C54H76N14O11. The summed E-state index contributed by atoms with van der Waals surface area (Å²) in [6, 6.07) is 14.9. The van der Waals surface area contributed by atoms with E-state index in [0.29, 0.717) is 54.7 Å². The maximum Gasteiger partial charge on any atom is 0.245 e. The third kappa shape index (κ3) is 22.1. The molecule has 1 heterocycles. The van der Waals surface area contributed by atoms with Crippen molar-refractivity contribution in [3.63, 3.8) is 0 Å². The molecule has 25 heteroatoms. The van der Waals surface area contributed by atoms with Crippen LogP contribution in [0.1, 0.15) is 87.8 Å². The van der Waals surface area contributed by atoms with E-state index in [2.05, 4.69) is 36.9 Å². The van der Waals surface area contributed by atoms with Crippen molar-refractivity contribution in [3.05, 3.63) is 102 Å². The zero-order valence-electron chi connectivity index (χ0n) is 44.5. The molecule has 0 aromatic heterocycles. The largest absolute Gasteiger partial charge is 0.494 e. The number of nitrogens with zero attached hydrogens (tertiary/aromatic N) is 2. The summed E-state index contributed by atoms with van der Waals surface area (Å²) in [6.45, 7) is 2.78. The number of carbonyl (C=O) groups excluding carboxylic acids is 10. The van der Waals surface area contributed by atoms with Crippen LogP contribution in [0.25, 0.3) is 0 Å². The number of carbonyl (C=O) groups is 10. The number of rotatable bonds is 34. The average Bonchev–Trinajstić information content (AvgIpc) is 3.92. The first-order valence-electron chi connectivity index (χ1n) is 26.3. The number of nitrogens with one attached hydrogen (secondary N) is 6. The van der Waals surface area contributed by atoms with E-state index in [1.54, 1.807) is 84.9 Å². The number of ether oxygens (including phenoxy) is 1. The molecule has 1 aliphatic heterocycles. The van der Waals surface area contributed by atoms with E-state index in [1.807, 2.05) is 6.92 Å². The van der Waals surface area contributed by atoms with Gasteiger partial charge in [0.25, 0.3) is 0 Å².